The minimum Gasteiger partial charge on any atom is -0.488 e. The molecule has 1 aliphatic heterocycles. The summed E-state index contributed by atoms with van der Waals surface area (Å²) in [6, 6.07) is 12.7. The quantitative estimate of drug-likeness (QED) is 0.715. The van der Waals surface area contributed by atoms with Gasteiger partial charge in [-0.3, -0.25) is 0 Å². The Labute approximate surface area is 124 Å². The maximum atomic E-state index is 6.03. The topological polar surface area (TPSA) is 27.1 Å². The van der Waals surface area contributed by atoms with Crippen LogP contribution >= 0.6 is 0 Å². The van der Waals surface area contributed by atoms with Gasteiger partial charge in [0.05, 0.1) is 23.9 Å². The SMILES string of the molecule is Cc1cc2ncn(CC3Cc4ccccc4O3)c2cc1C. The first-order chi connectivity index (χ1) is 10.2. The van der Waals surface area contributed by atoms with Gasteiger partial charge in [0, 0.05) is 6.42 Å². The van der Waals surface area contributed by atoms with E-state index in [1.54, 1.807) is 0 Å². The summed E-state index contributed by atoms with van der Waals surface area (Å²) in [6.07, 6.45) is 3.10. The zero-order valence-electron chi connectivity index (χ0n) is 12.3. The average Bonchev–Trinajstić information content (AvgIpc) is 3.04. The van der Waals surface area contributed by atoms with E-state index in [-0.39, 0.29) is 6.10 Å². The molecule has 0 spiro atoms. The van der Waals surface area contributed by atoms with E-state index in [0.717, 1.165) is 24.2 Å². The summed E-state index contributed by atoms with van der Waals surface area (Å²) < 4.78 is 8.24. The number of imidazole rings is 1. The molecule has 0 amide bonds. The monoisotopic (exact) mass is 278 g/mol. The second kappa shape index (κ2) is 4.62. The molecule has 0 aliphatic carbocycles. The standard InChI is InChI=1S/C18H18N2O/c1-12-7-16-17(8-13(12)2)20(11-19-16)10-15-9-14-5-3-4-6-18(14)21-15/h3-8,11,15H,9-10H2,1-2H3. The summed E-state index contributed by atoms with van der Waals surface area (Å²) >= 11 is 0. The molecule has 0 saturated carbocycles. The Kier molecular flexibility index (Phi) is 2.74. The first kappa shape index (κ1) is 12.5. The zero-order valence-corrected chi connectivity index (χ0v) is 12.3. The molecule has 1 aromatic heterocycles. The highest BCUT2D eigenvalue weighted by Crippen LogP contribution is 2.29. The molecule has 1 unspecified atom stereocenters. The average molecular weight is 278 g/mol. The Balaban J connectivity index is 1.63. The maximum Gasteiger partial charge on any atom is 0.123 e. The Hall–Kier alpha value is -2.29. The fourth-order valence-electron chi connectivity index (χ4n) is 3.03. The molecule has 21 heavy (non-hydrogen) atoms. The molecule has 3 aromatic rings. The molecule has 2 aromatic carbocycles. The molecular weight excluding hydrogens is 260 g/mol. The molecule has 3 heteroatoms. The van der Waals surface area contributed by atoms with E-state index in [1.165, 1.54) is 22.2 Å². The Morgan fingerprint density at radius 1 is 1.19 bits per heavy atom. The summed E-state index contributed by atoms with van der Waals surface area (Å²) in [7, 11) is 0. The number of benzene rings is 2. The fraction of sp³-hybridized carbons (Fsp3) is 0.278. The molecule has 1 aliphatic rings. The molecule has 0 fully saturated rings. The fourth-order valence-corrected chi connectivity index (χ4v) is 3.03. The number of fused-ring (bicyclic) bond motifs is 2. The highest BCUT2D eigenvalue weighted by molar-refractivity contribution is 5.77. The molecule has 4 rings (SSSR count). The number of ether oxygens (including phenoxy) is 1. The number of hydrogen-bond donors (Lipinski definition) is 0. The molecule has 0 bridgehead atoms. The van der Waals surface area contributed by atoms with Crippen LogP contribution in [0.3, 0.4) is 0 Å². The van der Waals surface area contributed by atoms with Crippen LogP contribution in [0.25, 0.3) is 11.0 Å². The van der Waals surface area contributed by atoms with Gasteiger partial charge in [0.15, 0.2) is 0 Å². The third kappa shape index (κ3) is 2.09. The summed E-state index contributed by atoms with van der Waals surface area (Å²) in [5.74, 6) is 1.03. The van der Waals surface area contributed by atoms with Crippen LogP contribution in [-0.2, 0) is 13.0 Å². The first-order valence-corrected chi connectivity index (χ1v) is 7.37. The summed E-state index contributed by atoms with van der Waals surface area (Å²) in [5.41, 5.74) is 6.15. The van der Waals surface area contributed by atoms with Crippen molar-refractivity contribution in [3.63, 3.8) is 0 Å². The van der Waals surface area contributed by atoms with Crippen molar-refractivity contribution in [2.75, 3.05) is 0 Å². The highest BCUT2D eigenvalue weighted by Gasteiger charge is 2.23. The lowest BCUT2D eigenvalue weighted by Crippen LogP contribution is -2.20. The predicted molar refractivity (Wildman–Crippen MR) is 83.8 cm³/mol. The molecule has 3 nitrogen and oxygen atoms in total. The number of aryl methyl sites for hydroxylation is 2. The molecule has 1 atom stereocenters. The molecule has 0 N–H and O–H groups in total. The van der Waals surface area contributed by atoms with Crippen molar-refractivity contribution < 1.29 is 4.74 Å². The van der Waals surface area contributed by atoms with Crippen molar-refractivity contribution in [1.29, 1.82) is 0 Å². The number of para-hydroxylation sites is 1. The third-order valence-electron chi connectivity index (χ3n) is 4.35. The molecule has 2 heterocycles. The van der Waals surface area contributed by atoms with Gasteiger partial charge in [-0.2, -0.15) is 0 Å². The molecular formula is C18H18N2O. The van der Waals surface area contributed by atoms with Crippen molar-refractivity contribution in [3.8, 4) is 5.75 Å². The number of nitrogens with zero attached hydrogens (tertiary/aromatic N) is 2. The van der Waals surface area contributed by atoms with E-state index < -0.39 is 0 Å². The summed E-state index contributed by atoms with van der Waals surface area (Å²) in [5, 5.41) is 0. The van der Waals surface area contributed by atoms with Crippen LogP contribution in [0.4, 0.5) is 0 Å². The van der Waals surface area contributed by atoms with E-state index in [0.29, 0.717) is 0 Å². The van der Waals surface area contributed by atoms with Gasteiger partial charge in [-0.05, 0) is 48.7 Å². The molecule has 0 saturated heterocycles. The Bertz CT molecular complexity index is 794. The van der Waals surface area contributed by atoms with Gasteiger partial charge in [0.2, 0.25) is 0 Å². The van der Waals surface area contributed by atoms with Crippen LogP contribution in [0.5, 0.6) is 5.75 Å². The molecule has 0 radical (unpaired) electrons. The van der Waals surface area contributed by atoms with Gasteiger partial charge in [-0.15, -0.1) is 0 Å². The Morgan fingerprint density at radius 3 is 2.86 bits per heavy atom. The van der Waals surface area contributed by atoms with Crippen molar-refractivity contribution in [3.05, 3.63) is 59.4 Å². The van der Waals surface area contributed by atoms with Crippen molar-refractivity contribution in [2.24, 2.45) is 0 Å². The minimum atomic E-state index is 0.196. The van der Waals surface area contributed by atoms with E-state index in [2.05, 4.69) is 53.7 Å². The molecule has 106 valence electrons. The van der Waals surface area contributed by atoms with Gasteiger partial charge in [-0.25, -0.2) is 4.98 Å². The van der Waals surface area contributed by atoms with Crippen LogP contribution in [0.1, 0.15) is 16.7 Å². The van der Waals surface area contributed by atoms with Crippen LogP contribution < -0.4 is 4.74 Å². The van der Waals surface area contributed by atoms with Crippen molar-refractivity contribution >= 4 is 11.0 Å². The number of aromatic nitrogens is 2. The predicted octanol–water partition coefficient (Wildman–Crippen LogP) is 3.66. The number of rotatable bonds is 2. The minimum absolute atomic E-state index is 0.196. The smallest absolute Gasteiger partial charge is 0.123 e. The lowest BCUT2D eigenvalue weighted by Gasteiger charge is -2.12. The third-order valence-corrected chi connectivity index (χ3v) is 4.35. The van der Waals surface area contributed by atoms with Crippen molar-refractivity contribution in [1.82, 2.24) is 9.55 Å². The van der Waals surface area contributed by atoms with Gasteiger partial charge in [0.1, 0.15) is 11.9 Å². The van der Waals surface area contributed by atoms with E-state index in [1.807, 2.05) is 12.4 Å². The second-order valence-corrected chi connectivity index (χ2v) is 5.87. The lowest BCUT2D eigenvalue weighted by molar-refractivity contribution is 0.211. The number of hydrogen-bond acceptors (Lipinski definition) is 2. The van der Waals surface area contributed by atoms with E-state index in [4.69, 9.17) is 4.74 Å². The lowest BCUT2D eigenvalue weighted by atomic mass is 10.1. The van der Waals surface area contributed by atoms with E-state index >= 15 is 0 Å². The van der Waals surface area contributed by atoms with Gasteiger partial charge < -0.3 is 9.30 Å². The summed E-state index contributed by atoms with van der Waals surface area (Å²) in [4.78, 5) is 4.52. The van der Waals surface area contributed by atoms with Crippen LogP contribution in [-0.4, -0.2) is 15.7 Å². The normalized spacial score (nSPS) is 17.0. The maximum absolute atomic E-state index is 6.03. The first-order valence-electron chi connectivity index (χ1n) is 7.37. The van der Waals surface area contributed by atoms with E-state index in [9.17, 15) is 0 Å². The van der Waals surface area contributed by atoms with Gasteiger partial charge >= 0.3 is 0 Å². The largest absolute Gasteiger partial charge is 0.488 e. The van der Waals surface area contributed by atoms with Gasteiger partial charge in [0.25, 0.3) is 0 Å². The van der Waals surface area contributed by atoms with Crippen LogP contribution in [0.2, 0.25) is 0 Å². The second-order valence-electron chi connectivity index (χ2n) is 5.87. The zero-order chi connectivity index (χ0) is 14.4. The van der Waals surface area contributed by atoms with Crippen LogP contribution in [0.15, 0.2) is 42.7 Å². The van der Waals surface area contributed by atoms with Gasteiger partial charge in [-0.1, -0.05) is 18.2 Å². The van der Waals surface area contributed by atoms with Crippen LogP contribution in [0, 0.1) is 13.8 Å². The summed E-state index contributed by atoms with van der Waals surface area (Å²) in [6.45, 7) is 5.12. The van der Waals surface area contributed by atoms with Crippen molar-refractivity contribution in [2.45, 2.75) is 32.9 Å². The Morgan fingerprint density at radius 2 is 2.00 bits per heavy atom. The highest BCUT2D eigenvalue weighted by atomic mass is 16.5.